The molecule has 1 heterocycles. The van der Waals surface area contributed by atoms with Crippen molar-refractivity contribution in [3.05, 3.63) is 44.2 Å². The molecular formula is C12H12BrN5O3. The first-order chi connectivity index (χ1) is 9.93. The topological polar surface area (TPSA) is 116 Å². The van der Waals surface area contributed by atoms with Crippen LogP contribution >= 0.6 is 15.9 Å². The maximum atomic E-state index is 11.2. The number of hydrogen-bond acceptors (Lipinski definition) is 7. The van der Waals surface area contributed by atoms with Crippen LogP contribution in [0.15, 0.2) is 22.9 Å². The minimum atomic E-state index is -0.508. The van der Waals surface area contributed by atoms with Crippen molar-refractivity contribution in [1.29, 1.82) is 0 Å². The Bertz CT molecular complexity index is 708. The number of ether oxygens (including phenoxy) is 1. The molecule has 110 valence electrons. The number of aromatic nitrogens is 2. The van der Waals surface area contributed by atoms with Gasteiger partial charge in [-0.15, -0.1) is 0 Å². The van der Waals surface area contributed by atoms with E-state index in [1.165, 1.54) is 12.4 Å². The van der Waals surface area contributed by atoms with E-state index in [4.69, 9.17) is 10.6 Å². The maximum Gasteiger partial charge on any atom is 0.313 e. The summed E-state index contributed by atoms with van der Waals surface area (Å²) in [5.41, 5.74) is 3.42. The Kier molecular flexibility index (Phi) is 4.34. The van der Waals surface area contributed by atoms with Crippen LogP contribution in [0.5, 0.6) is 11.6 Å². The Morgan fingerprint density at radius 1 is 1.38 bits per heavy atom. The van der Waals surface area contributed by atoms with Crippen LogP contribution < -0.4 is 16.0 Å². The van der Waals surface area contributed by atoms with Gasteiger partial charge in [-0.1, -0.05) is 15.9 Å². The van der Waals surface area contributed by atoms with E-state index in [0.717, 1.165) is 0 Å². The van der Waals surface area contributed by atoms with Crippen molar-refractivity contribution in [2.24, 2.45) is 5.84 Å². The number of hydrogen-bond donors (Lipinski definition) is 2. The van der Waals surface area contributed by atoms with Crippen LogP contribution in [0.4, 0.5) is 11.5 Å². The quantitative estimate of drug-likeness (QED) is 0.493. The van der Waals surface area contributed by atoms with Gasteiger partial charge in [0.05, 0.1) is 10.5 Å². The molecule has 9 heteroatoms. The summed E-state index contributed by atoms with van der Waals surface area (Å²) in [4.78, 5) is 18.6. The molecule has 0 amide bonds. The highest BCUT2D eigenvalue weighted by Crippen LogP contribution is 2.37. The van der Waals surface area contributed by atoms with Gasteiger partial charge in [0.15, 0.2) is 0 Å². The zero-order valence-electron chi connectivity index (χ0n) is 11.3. The molecule has 21 heavy (non-hydrogen) atoms. The molecule has 0 atom stereocenters. The summed E-state index contributed by atoms with van der Waals surface area (Å²) in [7, 11) is 0. The second-order valence-electron chi connectivity index (χ2n) is 4.23. The number of nitrogens with one attached hydrogen (secondary N) is 1. The lowest BCUT2D eigenvalue weighted by molar-refractivity contribution is -0.385. The van der Waals surface area contributed by atoms with Crippen LogP contribution in [-0.2, 0) is 0 Å². The molecule has 8 nitrogen and oxygen atoms in total. The van der Waals surface area contributed by atoms with Gasteiger partial charge in [-0.25, -0.2) is 15.8 Å². The first kappa shape index (κ1) is 15.1. The largest absolute Gasteiger partial charge is 0.431 e. The number of hydrazine groups is 1. The first-order valence-electron chi connectivity index (χ1n) is 5.84. The normalized spacial score (nSPS) is 10.3. The molecule has 0 aliphatic carbocycles. The van der Waals surface area contributed by atoms with Crippen LogP contribution in [-0.4, -0.2) is 14.9 Å². The van der Waals surface area contributed by atoms with Crippen molar-refractivity contribution in [3.63, 3.8) is 0 Å². The summed E-state index contributed by atoms with van der Waals surface area (Å²) in [6, 6.07) is 3.10. The second kappa shape index (κ2) is 6.02. The lowest BCUT2D eigenvalue weighted by atomic mass is 10.2. The van der Waals surface area contributed by atoms with E-state index in [0.29, 0.717) is 21.4 Å². The number of nitrogens with two attached hydrogens (primary N) is 1. The van der Waals surface area contributed by atoms with Crippen LogP contribution in [0.2, 0.25) is 0 Å². The molecular weight excluding hydrogens is 342 g/mol. The molecule has 0 fully saturated rings. The van der Waals surface area contributed by atoms with Crippen LogP contribution in [0, 0.1) is 24.0 Å². The van der Waals surface area contributed by atoms with Crippen LogP contribution in [0.1, 0.15) is 11.1 Å². The third-order valence-electron chi connectivity index (χ3n) is 2.79. The van der Waals surface area contributed by atoms with Gasteiger partial charge >= 0.3 is 5.69 Å². The first-order valence-corrected chi connectivity index (χ1v) is 6.64. The number of nitrogen functional groups attached to an aromatic ring is 1. The van der Waals surface area contributed by atoms with Crippen molar-refractivity contribution in [3.8, 4) is 11.6 Å². The molecule has 1 aromatic heterocycles. The van der Waals surface area contributed by atoms with E-state index in [-0.39, 0.29) is 17.3 Å². The Morgan fingerprint density at radius 2 is 2.10 bits per heavy atom. The molecule has 0 spiro atoms. The molecule has 0 saturated heterocycles. The predicted molar refractivity (Wildman–Crippen MR) is 80.2 cm³/mol. The molecule has 3 N–H and O–H groups in total. The number of halogens is 1. The van der Waals surface area contributed by atoms with E-state index in [1.807, 2.05) is 0 Å². The molecule has 0 radical (unpaired) electrons. The van der Waals surface area contributed by atoms with Gasteiger partial charge in [-0.05, 0) is 19.9 Å². The Labute approximate surface area is 128 Å². The Morgan fingerprint density at radius 3 is 2.71 bits per heavy atom. The Balaban J connectivity index is 2.52. The molecule has 0 saturated carbocycles. The average Bonchev–Trinajstić information content (AvgIpc) is 2.43. The maximum absolute atomic E-state index is 11.2. The highest BCUT2D eigenvalue weighted by Gasteiger charge is 2.21. The molecule has 1 aromatic carbocycles. The number of anilines is 1. The number of aryl methyl sites for hydroxylation is 1. The zero-order valence-corrected chi connectivity index (χ0v) is 12.8. The van der Waals surface area contributed by atoms with Crippen LogP contribution in [0.3, 0.4) is 0 Å². The van der Waals surface area contributed by atoms with E-state index < -0.39 is 4.92 Å². The number of nitrogens with zero attached hydrogens (tertiary/aromatic N) is 3. The minimum absolute atomic E-state index is 0.132. The van der Waals surface area contributed by atoms with Gasteiger partial charge < -0.3 is 10.2 Å². The summed E-state index contributed by atoms with van der Waals surface area (Å²) in [5.74, 6) is 6.05. The summed E-state index contributed by atoms with van der Waals surface area (Å²) >= 11 is 3.23. The molecule has 2 aromatic rings. The van der Waals surface area contributed by atoms with Gasteiger partial charge in [0, 0.05) is 16.1 Å². The van der Waals surface area contributed by atoms with Crippen LogP contribution in [0.25, 0.3) is 0 Å². The molecule has 0 unspecified atom stereocenters. The van der Waals surface area contributed by atoms with Crippen molar-refractivity contribution in [1.82, 2.24) is 9.97 Å². The van der Waals surface area contributed by atoms with Crippen molar-refractivity contribution in [2.45, 2.75) is 13.8 Å². The number of benzene rings is 1. The second-order valence-corrected chi connectivity index (χ2v) is 5.14. The van der Waals surface area contributed by atoms with Crippen molar-refractivity contribution >= 4 is 27.4 Å². The highest BCUT2D eigenvalue weighted by atomic mass is 79.9. The fourth-order valence-corrected chi connectivity index (χ4v) is 2.32. The molecule has 0 aliphatic rings. The molecule has 2 rings (SSSR count). The van der Waals surface area contributed by atoms with E-state index in [1.54, 1.807) is 19.9 Å². The highest BCUT2D eigenvalue weighted by molar-refractivity contribution is 9.10. The number of nitro benzene ring substituents is 1. The average molecular weight is 354 g/mol. The zero-order chi connectivity index (χ0) is 15.6. The summed E-state index contributed by atoms with van der Waals surface area (Å²) in [5, 5.41) is 11.2. The lowest BCUT2D eigenvalue weighted by Gasteiger charge is -2.12. The monoisotopic (exact) mass is 353 g/mol. The number of nitro groups is 1. The Hall–Kier alpha value is -2.26. The predicted octanol–water partition coefficient (Wildman–Crippen LogP) is 2.84. The standard InChI is InChI=1S/C12H12BrN5O3/c1-6-3-8(13)4-9(18(19)20)10(6)21-12-7(2)11(17-14)15-5-16-12/h3-5H,14H2,1-2H3,(H,15,16,17). The summed E-state index contributed by atoms with van der Waals surface area (Å²) in [6.07, 6.45) is 1.26. The SMILES string of the molecule is Cc1cc(Br)cc([N+](=O)[O-])c1Oc1ncnc(NN)c1C. The third kappa shape index (κ3) is 3.09. The molecule has 0 bridgehead atoms. The fraction of sp³-hybridized carbons (Fsp3) is 0.167. The minimum Gasteiger partial charge on any atom is -0.431 e. The van der Waals surface area contributed by atoms with Crippen molar-refractivity contribution in [2.75, 3.05) is 5.43 Å². The van der Waals surface area contributed by atoms with Gasteiger partial charge in [0.25, 0.3) is 0 Å². The van der Waals surface area contributed by atoms with Crippen molar-refractivity contribution < 1.29 is 9.66 Å². The van der Waals surface area contributed by atoms with Gasteiger partial charge in [0.1, 0.15) is 12.1 Å². The van der Waals surface area contributed by atoms with E-state index >= 15 is 0 Å². The fourth-order valence-electron chi connectivity index (χ4n) is 1.76. The van der Waals surface area contributed by atoms with E-state index in [2.05, 4.69) is 31.3 Å². The number of rotatable bonds is 4. The lowest BCUT2D eigenvalue weighted by Crippen LogP contribution is -2.11. The smallest absolute Gasteiger partial charge is 0.313 e. The summed E-state index contributed by atoms with van der Waals surface area (Å²) < 4.78 is 6.22. The third-order valence-corrected chi connectivity index (χ3v) is 3.25. The van der Waals surface area contributed by atoms with Gasteiger partial charge in [-0.3, -0.25) is 10.1 Å². The van der Waals surface area contributed by atoms with Gasteiger partial charge in [0.2, 0.25) is 11.6 Å². The summed E-state index contributed by atoms with van der Waals surface area (Å²) in [6.45, 7) is 3.41. The molecule has 0 aliphatic heterocycles. The van der Waals surface area contributed by atoms with E-state index in [9.17, 15) is 10.1 Å². The van der Waals surface area contributed by atoms with Gasteiger partial charge in [-0.2, -0.15) is 0 Å².